The van der Waals surface area contributed by atoms with Crippen LogP contribution in [0.25, 0.3) is 21.6 Å². The third kappa shape index (κ3) is 2.96. The Kier molecular flexibility index (Phi) is 4.42. The van der Waals surface area contributed by atoms with E-state index in [4.69, 9.17) is 10.5 Å². The van der Waals surface area contributed by atoms with Crippen LogP contribution >= 0.6 is 11.3 Å². The molecule has 0 aliphatic carbocycles. The number of aromatic nitrogens is 3. The van der Waals surface area contributed by atoms with Crippen molar-refractivity contribution in [1.29, 1.82) is 0 Å². The summed E-state index contributed by atoms with van der Waals surface area (Å²) in [6.07, 6.45) is 8.24. The third-order valence-electron chi connectivity index (χ3n) is 4.52. The first-order valence-corrected chi connectivity index (χ1v) is 9.32. The van der Waals surface area contributed by atoms with E-state index >= 15 is 0 Å². The zero-order chi connectivity index (χ0) is 18.1. The standard InChI is InChI=1S/C18H19N5O2S/c1-25-12-7-11(8-20-9-12)13-10-21-15-14(19)16(26-17(15)22-13)18(24)23-5-3-2-4-6-23/h7-10H,2-6,19H2,1H3. The highest BCUT2D eigenvalue weighted by atomic mass is 32.1. The lowest BCUT2D eigenvalue weighted by molar-refractivity contribution is 0.0730. The average molecular weight is 369 g/mol. The molecule has 4 heterocycles. The summed E-state index contributed by atoms with van der Waals surface area (Å²) in [6.45, 7) is 1.57. The van der Waals surface area contributed by atoms with E-state index in [1.54, 1.807) is 25.7 Å². The topological polar surface area (TPSA) is 94.2 Å². The SMILES string of the molecule is COc1cncc(-c2cnc3c(N)c(C(=O)N4CCCCC4)sc3n2)c1. The minimum Gasteiger partial charge on any atom is -0.495 e. The maximum atomic E-state index is 12.8. The summed E-state index contributed by atoms with van der Waals surface area (Å²) in [5.74, 6) is 0.632. The lowest BCUT2D eigenvalue weighted by atomic mass is 10.1. The number of thiophene rings is 1. The molecule has 1 fully saturated rings. The van der Waals surface area contributed by atoms with Gasteiger partial charge in [0, 0.05) is 24.8 Å². The summed E-state index contributed by atoms with van der Waals surface area (Å²) in [7, 11) is 1.59. The Balaban J connectivity index is 1.71. The fourth-order valence-electron chi connectivity index (χ4n) is 3.10. The van der Waals surface area contributed by atoms with Crippen LogP contribution in [0, 0.1) is 0 Å². The van der Waals surface area contributed by atoms with Crippen molar-refractivity contribution in [3.8, 4) is 17.0 Å². The lowest BCUT2D eigenvalue weighted by Crippen LogP contribution is -2.35. The van der Waals surface area contributed by atoms with Gasteiger partial charge >= 0.3 is 0 Å². The molecule has 7 nitrogen and oxygen atoms in total. The van der Waals surface area contributed by atoms with Gasteiger partial charge in [-0.1, -0.05) is 0 Å². The van der Waals surface area contributed by atoms with Crippen LogP contribution in [0.2, 0.25) is 0 Å². The van der Waals surface area contributed by atoms with Gasteiger partial charge in [-0.15, -0.1) is 11.3 Å². The third-order valence-corrected chi connectivity index (χ3v) is 5.60. The number of amides is 1. The molecular weight excluding hydrogens is 350 g/mol. The van der Waals surface area contributed by atoms with Crippen molar-refractivity contribution in [1.82, 2.24) is 19.9 Å². The highest BCUT2D eigenvalue weighted by Crippen LogP contribution is 2.34. The predicted molar refractivity (Wildman–Crippen MR) is 101 cm³/mol. The van der Waals surface area contributed by atoms with Crippen LogP contribution in [-0.4, -0.2) is 46.0 Å². The van der Waals surface area contributed by atoms with Crippen molar-refractivity contribution in [2.24, 2.45) is 0 Å². The summed E-state index contributed by atoms with van der Waals surface area (Å²) >= 11 is 1.30. The molecule has 26 heavy (non-hydrogen) atoms. The molecule has 1 aliphatic rings. The van der Waals surface area contributed by atoms with Crippen LogP contribution in [-0.2, 0) is 0 Å². The summed E-state index contributed by atoms with van der Waals surface area (Å²) in [4.78, 5) is 29.1. The van der Waals surface area contributed by atoms with Crippen molar-refractivity contribution in [2.45, 2.75) is 19.3 Å². The monoisotopic (exact) mass is 369 g/mol. The molecule has 8 heteroatoms. The van der Waals surface area contributed by atoms with Crippen LogP contribution in [0.1, 0.15) is 28.9 Å². The normalized spacial score (nSPS) is 14.6. The summed E-state index contributed by atoms with van der Waals surface area (Å²) in [5, 5.41) is 0. The molecule has 0 spiro atoms. The van der Waals surface area contributed by atoms with Crippen molar-refractivity contribution in [3.05, 3.63) is 29.5 Å². The fourth-order valence-corrected chi connectivity index (χ4v) is 4.12. The van der Waals surface area contributed by atoms with E-state index in [-0.39, 0.29) is 5.91 Å². The Morgan fingerprint density at radius 2 is 2.04 bits per heavy atom. The number of hydrogen-bond acceptors (Lipinski definition) is 7. The number of fused-ring (bicyclic) bond motifs is 1. The number of nitrogens with zero attached hydrogens (tertiary/aromatic N) is 4. The minimum absolute atomic E-state index is 0.0170. The highest BCUT2D eigenvalue weighted by Gasteiger charge is 2.24. The molecule has 0 unspecified atom stereocenters. The van der Waals surface area contributed by atoms with Crippen molar-refractivity contribution < 1.29 is 9.53 Å². The average Bonchev–Trinajstić information content (AvgIpc) is 3.04. The molecule has 0 atom stereocenters. The highest BCUT2D eigenvalue weighted by molar-refractivity contribution is 7.21. The van der Waals surface area contributed by atoms with Gasteiger partial charge in [0.15, 0.2) is 0 Å². The molecule has 0 saturated carbocycles. The first kappa shape index (κ1) is 16.7. The van der Waals surface area contributed by atoms with Crippen LogP contribution in [0.5, 0.6) is 5.75 Å². The van der Waals surface area contributed by atoms with E-state index in [1.165, 1.54) is 17.8 Å². The molecule has 3 aromatic rings. The molecular formula is C18H19N5O2S. The Morgan fingerprint density at radius 3 is 2.81 bits per heavy atom. The number of ether oxygens (including phenoxy) is 1. The van der Waals surface area contributed by atoms with Gasteiger partial charge in [0.05, 0.1) is 30.9 Å². The van der Waals surface area contributed by atoms with Gasteiger partial charge in [0.25, 0.3) is 5.91 Å². The number of nitrogen functional groups attached to an aromatic ring is 1. The molecule has 0 radical (unpaired) electrons. The molecule has 134 valence electrons. The Hall–Kier alpha value is -2.74. The Bertz CT molecular complexity index is 965. The smallest absolute Gasteiger partial charge is 0.266 e. The Labute approximate surface area is 154 Å². The van der Waals surface area contributed by atoms with E-state index in [9.17, 15) is 4.79 Å². The van der Waals surface area contributed by atoms with E-state index < -0.39 is 0 Å². The zero-order valence-corrected chi connectivity index (χ0v) is 15.3. The number of carbonyl (C=O) groups excluding carboxylic acids is 1. The van der Waals surface area contributed by atoms with Crippen molar-refractivity contribution in [3.63, 3.8) is 0 Å². The van der Waals surface area contributed by atoms with Crippen LogP contribution in [0.15, 0.2) is 24.7 Å². The van der Waals surface area contributed by atoms with Crippen molar-refractivity contribution >= 4 is 33.3 Å². The van der Waals surface area contributed by atoms with Gasteiger partial charge in [0.2, 0.25) is 0 Å². The summed E-state index contributed by atoms with van der Waals surface area (Å²) in [5.41, 5.74) is 8.68. The van der Waals surface area contributed by atoms with Gasteiger partial charge < -0.3 is 15.4 Å². The fraction of sp³-hybridized carbons (Fsp3) is 0.333. The molecule has 4 rings (SSSR count). The Morgan fingerprint density at radius 1 is 1.23 bits per heavy atom. The zero-order valence-electron chi connectivity index (χ0n) is 14.4. The van der Waals surface area contributed by atoms with Crippen LogP contribution in [0.3, 0.4) is 0 Å². The number of piperidine rings is 1. The number of nitrogens with two attached hydrogens (primary N) is 1. The van der Waals surface area contributed by atoms with Gasteiger partial charge in [-0.3, -0.25) is 9.78 Å². The number of pyridine rings is 1. The first-order valence-electron chi connectivity index (χ1n) is 8.51. The number of methoxy groups -OCH3 is 1. The summed E-state index contributed by atoms with van der Waals surface area (Å²) < 4.78 is 5.21. The largest absolute Gasteiger partial charge is 0.495 e. The van der Waals surface area contributed by atoms with Crippen LogP contribution < -0.4 is 10.5 Å². The molecule has 1 saturated heterocycles. The number of likely N-dealkylation sites (tertiary alicyclic amines) is 1. The first-order chi connectivity index (χ1) is 12.7. The molecule has 0 aromatic carbocycles. The second-order valence-corrected chi connectivity index (χ2v) is 7.22. The van der Waals surface area contributed by atoms with E-state index in [0.29, 0.717) is 32.4 Å². The molecule has 3 aromatic heterocycles. The number of anilines is 1. The number of carbonyl (C=O) groups is 1. The van der Waals surface area contributed by atoms with Gasteiger partial charge in [0.1, 0.15) is 21.0 Å². The van der Waals surface area contributed by atoms with E-state index in [0.717, 1.165) is 31.5 Å². The van der Waals surface area contributed by atoms with Crippen molar-refractivity contribution in [2.75, 3.05) is 25.9 Å². The molecule has 0 bridgehead atoms. The van der Waals surface area contributed by atoms with Crippen LogP contribution in [0.4, 0.5) is 5.69 Å². The lowest BCUT2D eigenvalue weighted by Gasteiger charge is -2.26. The quantitative estimate of drug-likeness (QED) is 0.763. The van der Waals surface area contributed by atoms with E-state index in [2.05, 4.69) is 15.0 Å². The molecule has 1 amide bonds. The maximum Gasteiger partial charge on any atom is 0.266 e. The second kappa shape index (κ2) is 6.87. The predicted octanol–water partition coefficient (Wildman–Crippen LogP) is 2.97. The summed E-state index contributed by atoms with van der Waals surface area (Å²) in [6, 6.07) is 1.85. The van der Waals surface area contributed by atoms with E-state index in [1.807, 2.05) is 11.0 Å². The number of hydrogen-bond donors (Lipinski definition) is 1. The molecule has 2 N–H and O–H groups in total. The molecule has 1 aliphatic heterocycles. The maximum absolute atomic E-state index is 12.8. The number of rotatable bonds is 3. The minimum atomic E-state index is -0.0170. The second-order valence-electron chi connectivity index (χ2n) is 6.22. The van der Waals surface area contributed by atoms with Gasteiger partial charge in [-0.05, 0) is 25.3 Å². The van der Waals surface area contributed by atoms with Gasteiger partial charge in [-0.2, -0.15) is 0 Å². The van der Waals surface area contributed by atoms with Gasteiger partial charge in [-0.25, -0.2) is 9.97 Å².